The summed E-state index contributed by atoms with van der Waals surface area (Å²) in [5.41, 5.74) is 1.95. The fraction of sp³-hybridized carbons (Fsp3) is 0.579. The third-order valence-electron chi connectivity index (χ3n) is 4.45. The van der Waals surface area contributed by atoms with Crippen molar-refractivity contribution in [3.8, 4) is 0 Å². The first-order chi connectivity index (χ1) is 11.5. The van der Waals surface area contributed by atoms with Crippen LogP contribution in [0.4, 0.5) is 5.69 Å². The Morgan fingerprint density at radius 2 is 2.04 bits per heavy atom. The zero-order valence-corrected chi connectivity index (χ0v) is 15.0. The van der Waals surface area contributed by atoms with Crippen molar-refractivity contribution < 1.29 is 9.59 Å². The van der Waals surface area contributed by atoms with Gasteiger partial charge < -0.3 is 15.5 Å². The van der Waals surface area contributed by atoms with Gasteiger partial charge in [0, 0.05) is 37.2 Å². The van der Waals surface area contributed by atoms with Gasteiger partial charge in [0.2, 0.25) is 11.8 Å². The monoisotopic (exact) mass is 331 g/mol. The highest BCUT2D eigenvalue weighted by atomic mass is 16.2. The molecule has 2 amide bonds. The molecule has 0 saturated carbocycles. The molecule has 2 N–H and O–H groups in total. The summed E-state index contributed by atoms with van der Waals surface area (Å²) in [7, 11) is 0. The first-order valence-electron chi connectivity index (χ1n) is 8.84. The maximum Gasteiger partial charge on any atom is 0.225 e. The number of benzene rings is 1. The minimum absolute atomic E-state index is 0.0141. The van der Waals surface area contributed by atoms with Crippen LogP contribution in [0.25, 0.3) is 0 Å². The largest absolute Gasteiger partial charge is 0.352 e. The second-order valence-electron chi connectivity index (χ2n) is 6.92. The Morgan fingerprint density at radius 1 is 1.29 bits per heavy atom. The Hall–Kier alpha value is -1.88. The van der Waals surface area contributed by atoms with Crippen molar-refractivity contribution in [1.29, 1.82) is 0 Å². The van der Waals surface area contributed by atoms with Crippen LogP contribution in [0.1, 0.15) is 38.7 Å². The summed E-state index contributed by atoms with van der Waals surface area (Å²) in [5, 5.41) is 6.07. The van der Waals surface area contributed by atoms with Gasteiger partial charge in [-0.05, 0) is 37.9 Å². The number of nitrogens with zero attached hydrogens (tertiary/aromatic N) is 1. The molecule has 1 saturated heterocycles. The summed E-state index contributed by atoms with van der Waals surface area (Å²) in [6.07, 6.45) is 2.55. The third kappa shape index (κ3) is 5.64. The van der Waals surface area contributed by atoms with Gasteiger partial charge in [-0.15, -0.1) is 0 Å². The van der Waals surface area contributed by atoms with Crippen molar-refractivity contribution in [2.75, 3.05) is 25.0 Å². The van der Waals surface area contributed by atoms with Crippen LogP contribution in [-0.4, -0.2) is 42.4 Å². The van der Waals surface area contributed by atoms with Gasteiger partial charge in [0.15, 0.2) is 0 Å². The van der Waals surface area contributed by atoms with Crippen molar-refractivity contribution in [1.82, 2.24) is 10.2 Å². The highest BCUT2D eigenvalue weighted by molar-refractivity contribution is 5.91. The molecule has 0 spiro atoms. The van der Waals surface area contributed by atoms with Gasteiger partial charge in [0.05, 0.1) is 0 Å². The van der Waals surface area contributed by atoms with E-state index in [4.69, 9.17) is 0 Å². The number of para-hydroxylation sites is 1. The number of piperidine rings is 1. The minimum Gasteiger partial charge on any atom is -0.352 e. The molecule has 0 bridgehead atoms. The van der Waals surface area contributed by atoms with Crippen molar-refractivity contribution in [3.63, 3.8) is 0 Å². The maximum atomic E-state index is 12.1. The van der Waals surface area contributed by atoms with Crippen LogP contribution in [0.5, 0.6) is 0 Å². The van der Waals surface area contributed by atoms with Crippen molar-refractivity contribution in [2.45, 2.75) is 46.1 Å². The van der Waals surface area contributed by atoms with E-state index in [0.717, 1.165) is 43.7 Å². The van der Waals surface area contributed by atoms with Gasteiger partial charge in [-0.2, -0.15) is 0 Å². The fourth-order valence-electron chi connectivity index (χ4n) is 2.93. The number of anilines is 1. The maximum absolute atomic E-state index is 12.1. The van der Waals surface area contributed by atoms with Gasteiger partial charge in [0.1, 0.15) is 0 Å². The van der Waals surface area contributed by atoms with E-state index in [2.05, 4.69) is 15.5 Å². The van der Waals surface area contributed by atoms with Crippen LogP contribution in [0.15, 0.2) is 24.3 Å². The molecule has 1 heterocycles. The van der Waals surface area contributed by atoms with E-state index >= 15 is 0 Å². The average Bonchev–Trinajstić information content (AvgIpc) is 2.55. The molecule has 1 aliphatic heterocycles. The van der Waals surface area contributed by atoms with Crippen LogP contribution in [0, 0.1) is 12.8 Å². The topological polar surface area (TPSA) is 61.4 Å². The normalized spacial score (nSPS) is 18.4. The predicted octanol–water partition coefficient (Wildman–Crippen LogP) is 2.56. The third-order valence-corrected chi connectivity index (χ3v) is 4.45. The van der Waals surface area contributed by atoms with E-state index in [1.165, 1.54) is 0 Å². The lowest BCUT2D eigenvalue weighted by Gasteiger charge is -2.33. The van der Waals surface area contributed by atoms with Gasteiger partial charge in [-0.1, -0.05) is 32.0 Å². The molecule has 0 radical (unpaired) electrons. The van der Waals surface area contributed by atoms with E-state index in [1.54, 1.807) is 0 Å². The molecule has 0 aliphatic carbocycles. The molecule has 1 aliphatic rings. The first-order valence-corrected chi connectivity index (χ1v) is 8.84. The summed E-state index contributed by atoms with van der Waals surface area (Å²) in [6.45, 7) is 8.35. The van der Waals surface area contributed by atoms with Crippen molar-refractivity contribution in [3.05, 3.63) is 29.8 Å². The molecule has 0 aromatic heterocycles. The highest BCUT2D eigenvalue weighted by Gasteiger charge is 2.22. The lowest BCUT2D eigenvalue weighted by atomic mass is 10.0. The smallest absolute Gasteiger partial charge is 0.225 e. The zero-order valence-electron chi connectivity index (χ0n) is 15.0. The molecule has 1 atom stereocenters. The van der Waals surface area contributed by atoms with Gasteiger partial charge in [-0.3, -0.25) is 9.59 Å². The molecule has 1 fully saturated rings. The number of rotatable bonds is 6. The van der Waals surface area contributed by atoms with Crippen LogP contribution >= 0.6 is 0 Å². The van der Waals surface area contributed by atoms with E-state index in [0.29, 0.717) is 6.42 Å². The van der Waals surface area contributed by atoms with Crippen LogP contribution < -0.4 is 10.6 Å². The van der Waals surface area contributed by atoms with Crippen molar-refractivity contribution >= 4 is 17.5 Å². The second kappa shape index (κ2) is 8.83. The molecule has 1 aromatic rings. The standard InChI is InChI=1S/C19H29N3O2/c1-14(2)19(24)20-16-8-6-11-22(13-16)12-10-18(23)21-17-9-5-4-7-15(17)3/h4-5,7,9,14,16H,6,8,10-13H2,1-3H3,(H,20,24)(H,21,23)/t16-/m0/s1. The molecule has 5 heteroatoms. The van der Waals surface area contributed by atoms with Gasteiger partial charge >= 0.3 is 0 Å². The predicted molar refractivity (Wildman–Crippen MR) is 96.9 cm³/mol. The molecule has 132 valence electrons. The van der Waals surface area contributed by atoms with E-state index in [1.807, 2.05) is 45.0 Å². The Labute approximate surface area is 144 Å². The van der Waals surface area contributed by atoms with Gasteiger partial charge in [-0.25, -0.2) is 0 Å². The number of likely N-dealkylation sites (tertiary alicyclic amines) is 1. The molecule has 24 heavy (non-hydrogen) atoms. The fourth-order valence-corrected chi connectivity index (χ4v) is 2.93. The summed E-state index contributed by atoms with van der Waals surface area (Å²) in [6, 6.07) is 8.00. The van der Waals surface area contributed by atoms with Crippen LogP contribution in [0.3, 0.4) is 0 Å². The Bertz CT molecular complexity index is 571. The summed E-state index contributed by atoms with van der Waals surface area (Å²) in [4.78, 5) is 26.2. The number of hydrogen-bond donors (Lipinski definition) is 2. The number of carbonyl (C=O) groups excluding carboxylic acids is 2. The average molecular weight is 331 g/mol. The molecule has 1 aromatic carbocycles. The van der Waals surface area contributed by atoms with Crippen LogP contribution in [-0.2, 0) is 9.59 Å². The molecular weight excluding hydrogens is 302 g/mol. The molecule has 2 rings (SSSR count). The molecular formula is C19H29N3O2. The lowest BCUT2D eigenvalue weighted by Crippen LogP contribution is -2.49. The summed E-state index contributed by atoms with van der Waals surface area (Å²) < 4.78 is 0. The number of amides is 2. The first kappa shape index (κ1) is 18.5. The number of nitrogens with one attached hydrogen (secondary N) is 2. The van der Waals surface area contributed by atoms with E-state index in [9.17, 15) is 9.59 Å². The summed E-state index contributed by atoms with van der Waals surface area (Å²) in [5.74, 6) is 0.164. The van der Waals surface area contributed by atoms with Gasteiger partial charge in [0.25, 0.3) is 0 Å². The quantitative estimate of drug-likeness (QED) is 0.842. The number of hydrogen-bond acceptors (Lipinski definition) is 3. The molecule has 5 nitrogen and oxygen atoms in total. The van der Waals surface area contributed by atoms with E-state index < -0.39 is 0 Å². The van der Waals surface area contributed by atoms with E-state index in [-0.39, 0.29) is 23.8 Å². The minimum atomic E-state index is 0.0141. The summed E-state index contributed by atoms with van der Waals surface area (Å²) >= 11 is 0. The number of aryl methyl sites for hydroxylation is 1. The second-order valence-corrected chi connectivity index (χ2v) is 6.92. The molecule has 0 unspecified atom stereocenters. The highest BCUT2D eigenvalue weighted by Crippen LogP contribution is 2.14. The Kier molecular flexibility index (Phi) is 6.79. The SMILES string of the molecule is Cc1ccccc1NC(=O)CCN1CCC[C@H](NC(=O)C(C)C)C1. The van der Waals surface area contributed by atoms with Crippen molar-refractivity contribution in [2.24, 2.45) is 5.92 Å². The van der Waals surface area contributed by atoms with Crippen LogP contribution in [0.2, 0.25) is 0 Å². The zero-order chi connectivity index (χ0) is 17.5. The number of carbonyl (C=O) groups is 2. The Balaban J connectivity index is 1.76. The lowest BCUT2D eigenvalue weighted by molar-refractivity contribution is -0.125. The Morgan fingerprint density at radius 3 is 2.75 bits per heavy atom.